The van der Waals surface area contributed by atoms with Gasteiger partial charge in [-0.3, -0.25) is 0 Å². The highest BCUT2D eigenvalue weighted by atomic mass is 28.4. The van der Waals surface area contributed by atoms with Crippen molar-refractivity contribution in [1.29, 1.82) is 0 Å². The van der Waals surface area contributed by atoms with Crippen LogP contribution < -0.4 is 14.9 Å². The van der Waals surface area contributed by atoms with Crippen LogP contribution in [0.25, 0.3) is 0 Å². The summed E-state index contributed by atoms with van der Waals surface area (Å²) >= 11 is 0. The van der Waals surface area contributed by atoms with Crippen molar-refractivity contribution < 1.29 is 0 Å². The molecule has 0 heterocycles. The smallest absolute Gasteiger partial charge is 0.283 e. The second-order valence-electron chi connectivity index (χ2n) is 4.84. The Morgan fingerprint density at radius 1 is 1.00 bits per heavy atom. The minimum atomic E-state index is -1.71. The summed E-state index contributed by atoms with van der Waals surface area (Å²) in [6.45, 7) is 11.1. The standard InChI is InChI=1S/C9H25N3Si/c1-8(2)13(10-6,11-7)12-9(3,4)5/h8,10-12H,1-7H3. The average Bonchev–Trinajstić information content (AvgIpc) is 1.98. The van der Waals surface area contributed by atoms with Gasteiger partial charge in [-0.05, 0) is 40.4 Å². The molecule has 0 atom stereocenters. The number of nitrogens with one attached hydrogen (secondary N) is 3. The molecule has 80 valence electrons. The summed E-state index contributed by atoms with van der Waals surface area (Å²) in [6, 6.07) is 0. The molecule has 0 spiro atoms. The molecule has 0 amide bonds. The van der Waals surface area contributed by atoms with Crippen molar-refractivity contribution >= 4 is 8.56 Å². The fourth-order valence-corrected chi connectivity index (χ4v) is 4.69. The average molecular weight is 203 g/mol. The van der Waals surface area contributed by atoms with Gasteiger partial charge in [-0.1, -0.05) is 13.8 Å². The molecular weight excluding hydrogens is 178 g/mol. The van der Waals surface area contributed by atoms with Gasteiger partial charge in [-0.15, -0.1) is 0 Å². The molecule has 3 N–H and O–H groups in total. The van der Waals surface area contributed by atoms with Gasteiger partial charge in [-0.2, -0.15) is 0 Å². The fourth-order valence-electron chi connectivity index (χ4n) is 1.56. The topological polar surface area (TPSA) is 36.1 Å². The normalized spacial score (nSPS) is 13.8. The lowest BCUT2D eigenvalue weighted by Crippen LogP contribution is -2.75. The Balaban J connectivity index is 4.58. The molecule has 0 aromatic rings. The van der Waals surface area contributed by atoms with Crippen molar-refractivity contribution in [2.45, 2.75) is 45.7 Å². The molecule has 0 saturated carbocycles. The molecule has 13 heavy (non-hydrogen) atoms. The number of hydrogen-bond donors (Lipinski definition) is 3. The van der Waals surface area contributed by atoms with E-state index in [2.05, 4.69) is 49.6 Å². The van der Waals surface area contributed by atoms with E-state index < -0.39 is 8.56 Å². The molecule has 0 radical (unpaired) electrons. The van der Waals surface area contributed by atoms with Crippen molar-refractivity contribution in [3.05, 3.63) is 0 Å². The van der Waals surface area contributed by atoms with Crippen LogP contribution in [0.3, 0.4) is 0 Å². The first kappa shape index (κ1) is 13.1. The monoisotopic (exact) mass is 203 g/mol. The van der Waals surface area contributed by atoms with E-state index in [0.29, 0.717) is 5.54 Å². The van der Waals surface area contributed by atoms with Crippen LogP contribution in [0.2, 0.25) is 5.54 Å². The van der Waals surface area contributed by atoms with Crippen molar-refractivity contribution in [2.24, 2.45) is 0 Å². The quantitative estimate of drug-likeness (QED) is 0.600. The van der Waals surface area contributed by atoms with E-state index in [1.807, 2.05) is 14.1 Å². The van der Waals surface area contributed by atoms with Crippen molar-refractivity contribution in [1.82, 2.24) is 14.9 Å². The fraction of sp³-hybridized carbons (Fsp3) is 1.00. The van der Waals surface area contributed by atoms with Gasteiger partial charge in [0.1, 0.15) is 0 Å². The highest BCUT2D eigenvalue weighted by Crippen LogP contribution is 2.14. The molecule has 0 aliphatic carbocycles. The first-order chi connectivity index (χ1) is 5.77. The molecule has 4 heteroatoms. The van der Waals surface area contributed by atoms with Crippen LogP contribution >= 0.6 is 0 Å². The molecule has 0 rings (SSSR count). The SMILES string of the molecule is CN[Si](NC)(NC(C)(C)C)C(C)C. The highest BCUT2D eigenvalue weighted by Gasteiger charge is 2.37. The summed E-state index contributed by atoms with van der Waals surface area (Å²) in [5, 5.41) is 0. The maximum absolute atomic E-state index is 3.69. The van der Waals surface area contributed by atoms with E-state index in [4.69, 9.17) is 0 Å². The summed E-state index contributed by atoms with van der Waals surface area (Å²) in [5.74, 6) is 0. The third kappa shape index (κ3) is 3.77. The summed E-state index contributed by atoms with van der Waals surface area (Å²) in [7, 11) is 2.35. The summed E-state index contributed by atoms with van der Waals surface area (Å²) in [5.41, 5.74) is 0.768. The van der Waals surface area contributed by atoms with Crippen LogP contribution in [0.5, 0.6) is 0 Å². The largest absolute Gasteiger partial charge is 0.316 e. The molecule has 0 fully saturated rings. The van der Waals surface area contributed by atoms with Gasteiger partial charge in [-0.25, -0.2) is 0 Å². The Hall–Kier alpha value is 0.0969. The van der Waals surface area contributed by atoms with Gasteiger partial charge in [0, 0.05) is 5.54 Å². The minimum Gasteiger partial charge on any atom is -0.316 e. The Morgan fingerprint density at radius 3 is 1.46 bits per heavy atom. The van der Waals surface area contributed by atoms with E-state index in [0.717, 1.165) is 0 Å². The predicted molar refractivity (Wildman–Crippen MR) is 61.9 cm³/mol. The minimum absolute atomic E-state index is 0.155. The Morgan fingerprint density at radius 2 is 1.38 bits per heavy atom. The van der Waals surface area contributed by atoms with Crippen molar-refractivity contribution in [3.63, 3.8) is 0 Å². The molecule has 0 aliphatic heterocycles. The molecule has 0 aliphatic rings. The van der Waals surface area contributed by atoms with E-state index in [-0.39, 0.29) is 5.54 Å². The van der Waals surface area contributed by atoms with E-state index in [1.165, 1.54) is 0 Å². The summed E-state index contributed by atoms with van der Waals surface area (Å²) in [6.07, 6.45) is 0. The van der Waals surface area contributed by atoms with E-state index >= 15 is 0 Å². The van der Waals surface area contributed by atoms with Crippen LogP contribution in [0.15, 0.2) is 0 Å². The second-order valence-corrected chi connectivity index (χ2v) is 8.86. The maximum Gasteiger partial charge on any atom is 0.283 e. The zero-order chi connectivity index (χ0) is 10.7. The molecule has 0 saturated heterocycles. The van der Waals surface area contributed by atoms with Gasteiger partial charge in [0.2, 0.25) is 0 Å². The van der Waals surface area contributed by atoms with E-state index in [1.54, 1.807) is 0 Å². The van der Waals surface area contributed by atoms with Gasteiger partial charge in [0.05, 0.1) is 0 Å². The third-order valence-corrected chi connectivity index (χ3v) is 6.68. The first-order valence-electron chi connectivity index (χ1n) is 4.94. The van der Waals surface area contributed by atoms with E-state index in [9.17, 15) is 0 Å². The van der Waals surface area contributed by atoms with Crippen LogP contribution in [0.4, 0.5) is 0 Å². The maximum atomic E-state index is 3.69. The molecule has 3 nitrogen and oxygen atoms in total. The highest BCUT2D eigenvalue weighted by molar-refractivity contribution is 6.74. The van der Waals surface area contributed by atoms with Gasteiger partial charge in [0.25, 0.3) is 8.56 Å². The summed E-state index contributed by atoms with van der Waals surface area (Å²) in [4.78, 5) is 10.6. The van der Waals surface area contributed by atoms with Crippen LogP contribution in [-0.2, 0) is 0 Å². The van der Waals surface area contributed by atoms with Crippen LogP contribution in [-0.4, -0.2) is 28.2 Å². The van der Waals surface area contributed by atoms with Crippen LogP contribution in [0, 0.1) is 0 Å². The van der Waals surface area contributed by atoms with Crippen molar-refractivity contribution in [2.75, 3.05) is 14.1 Å². The summed E-state index contributed by atoms with van der Waals surface area (Å²) < 4.78 is 0. The van der Waals surface area contributed by atoms with Crippen molar-refractivity contribution in [3.8, 4) is 0 Å². The van der Waals surface area contributed by atoms with Gasteiger partial charge < -0.3 is 14.9 Å². The Labute approximate surface area is 83.9 Å². The Kier molecular flexibility index (Phi) is 4.58. The lowest BCUT2D eigenvalue weighted by molar-refractivity contribution is 0.491. The molecule has 0 unspecified atom stereocenters. The van der Waals surface area contributed by atoms with Gasteiger partial charge >= 0.3 is 0 Å². The lowest BCUT2D eigenvalue weighted by atomic mass is 10.1. The van der Waals surface area contributed by atoms with Gasteiger partial charge in [0.15, 0.2) is 0 Å². The number of hydrogen-bond acceptors (Lipinski definition) is 3. The predicted octanol–water partition coefficient (Wildman–Crippen LogP) is 1.16. The molecule has 0 bridgehead atoms. The van der Waals surface area contributed by atoms with Crippen LogP contribution in [0.1, 0.15) is 34.6 Å². The lowest BCUT2D eigenvalue weighted by Gasteiger charge is -2.40. The Bertz CT molecular complexity index is 147. The number of rotatable bonds is 4. The second kappa shape index (κ2) is 4.55. The zero-order valence-corrected chi connectivity index (χ0v) is 11.1. The molecule has 0 aromatic carbocycles. The first-order valence-corrected chi connectivity index (χ1v) is 7.02. The molecular formula is C9H25N3Si. The molecule has 0 aromatic heterocycles. The third-order valence-electron chi connectivity index (χ3n) is 2.23. The zero-order valence-electron chi connectivity index (χ0n) is 10.1.